The number of rotatable bonds is 6. The van der Waals surface area contributed by atoms with Crippen LogP contribution in [-0.2, 0) is 14.6 Å². The number of para-hydroxylation sites is 1. The van der Waals surface area contributed by atoms with Gasteiger partial charge in [-0.1, -0.05) is 48.9 Å². The first-order valence-corrected chi connectivity index (χ1v) is 12.5. The standard InChI is InChI=1S/C23H29N5O3S/c1-17(2)22(27-12-14-31-15-13-27)23(28-21-7-5-4-6-20(21)25-26-28)24-16-32(29,30)19-10-8-18(3)9-11-19/h4-11,17,22H,12-16H2,1-3H3/b24-23+. The van der Waals surface area contributed by atoms with Crippen LogP contribution < -0.4 is 0 Å². The molecule has 1 aliphatic rings. The summed E-state index contributed by atoms with van der Waals surface area (Å²) in [4.78, 5) is 7.25. The van der Waals surface area contributed by atoms with E-state index in [1.165, 1.54) is 0 Å². The van der Waals surface area contributed by atoms with Crippen LogP contribution in [0.3, 0.4) is 0 Å². The lowest BCUT2D eigenvalue weighted by Crippen LogP contribution is -2.52. The lowest BCUT2D eigenvalue weighted by Gasteiger charge is -2.37. The molecule has 0 radical (unpaired) electrons. The first kappa shape index (κ1) is 22.6. The van der Waals surface area contributed by atoms with E-state index in [0.29, 0.717) is 19.0 Å². The van der Waals surface area contributed by atoms with E-state index in [4.69, 9.17) is 9.73 Å². The first-order chi connectivity index (χ1) is 15.4. The normalized spacial score (nSPS) is 17.2. The van der Waals surface area contributed by atoms with Gasteiger partial charge in [-0.15, -0.1) is 5.10 Å². The Morgan fingerprint density at radius 3 is 2.47 bits per heavy atom. The lowest BCUT2D eigenvalue weighted by molar-refractivity contribution is 0.0207. The second kappa shape index (κ2) is 9.48. The van der Waals surface area contributed by atoms with Crippen LogP contribution in [-0.4, -0.2) is 72.4 Å². The fourth-order valence-corrected chi connectivity index (χ4v) is 5.04. The van der Waals surface area contributed by atoms with Crippen molar-refractivity contribution in [1.29, 1.82) is 0 Å². The predicted molar refractivity (Wildman–Crippen MR) is 125 cm³/mol. The number of aromatic nitrogens is 3. The molecule has 0 spiro atoms. The molecule has 8 nitrogen and oxygen atoms in total. The molecule has 170 valence electrons. The van der Waals surface area contributed by atoms with Crippen molar-refractivity contribution < 1.29 is 13.2 Å². The number of hydrogen-bond donors (Lipinski definition) is 0. The monoisotopic (exact) mass is 455 g/mol. The number of aliphatic imine (C=N–C) groups is 1. The van der Waals surface area contributed by atoms with Crippen LogP contribution in [0.25, 0.3) is 11.0 Å². The van der Waals surface area contributed by atoms with Crippen molar-refractivity contribution in [2.24, 2.45) is 10.9 Å². The van der Waals surface area contributed by atoms with E-state index in [-0.39, 0.29) is 22.7 Å². The van der Waals surface area contributed by atoms with Crippen LogP contribution in [0.1, 0.15) is 19.4 Å². The Hall–Kier alpha value is -2.62. The van der Waals surface area contributed by atoms with Crippen molar-refractivity contribution in [3.05, 3.63) is 54.1 Å². The van der Waals surface area contributed by atoms with Crippen molar-refractivity contribution in [2.75, 3.05) is 32.2 Å². The van der Waals surface area contributed by atoms with Gasteiger partial charge >= 0.3 is 0 Å². The van der Waals surface area contributed by atoms with Gasteiger partial charge in [0.2, 0.25) is 0 Å². The smallest absolute Gasteiger partial charge is 0.198 e. The van der Waals surface area contributed by atoms with Crippen molar-refractivity contribution in [3.8, 4) is 0 Å². The molecule has 0 saturated carbocycles. The van der Waals surface area contributed by atoms with E-state index in [9.17, 15) is 8.42 Å². The molecule has 3 aromatic rings. The number of ether oxygens (including phenoxy) is 1. The molecular weight excluding hydrogens is 426 g/mol. The summed E-state index contributed by atoms with van der Waals surface area (Å²) in [5.41, 5.74) is 2.55. The highest BCUT2D eigenvalue weighted by Crippen LogP contribution is 2.20. The Kier molecular flexibility index (Phi) is 6.68. The highest BCUT2D eigenvalue weighted by molar-refractivity contribution is 7.91. The lowest BCUT2D eigenvalue weighted by atomic mass is 10.0. The third-order valence-corrected chi connectivity index (χ3v) is 7.14. The summed E-state index contributed by atoms with van der Waals surface area (Å²) in [6.07, 6.45) is 0. The van der Waals surface area contributed by atoms with Crippen molar-refractivity contribution in [2.45, 2.75) is 31.7 Å². The Morgan fingerprint density at radius 1 is 1.09 bits per heavy atom. The Balaban J connectivity index is 1.78. The maximum absolute atomic E-state index is 13.1. The third kappa shape index (κ3) is 4.74. The average molecular weight is 456 g/mol. The maximum Gasteiger partial charge on any atom is 0.198 e. The molecule has 0 amide bonds. The molecule has 1 saturated heterocycles. The summed E-state index contributed by atoms with van der Waals surface area (Å²) in [6, 6.07) is 14.4. The molecular formula is C23H29N5O3S. The number of sulfone groups is 1. The fourth-order valence-electron chi connectivity index (χ4n) is 4.03. The van der Waals surface area contributed by atoms with Gasteiger partial charge in [0.15, 0.2) is 9.84 Å². The van der Waals surface area contributed by atoms with E-state index >= 15 is 0 Å². The summed E-state index contributed by atoms with van der Waals surface area (Å²) >= 11 is 0. The molecule has 0 bridgehead atoms. The number of benzene rings is 2. The summed E-state index contributed by atoms with van der Waals surface area (Å²) < 4.78 is 33.4. The van der Waals surface area contributed by atoms with Crippen LogP contribution in [0.2, 0.25) is 0 Å². The topological polar surface area (TPSA) is 89.7 Å². The van der Waals surface area contributed by atoms with Gasteiger partial charge in [0, 0.05) is 13.1 Å². The predicted octanol–water partition coefficient (Wildman–Crippen LogP) is 2.77. The zero-order valence-electron chi connectivity index (χ0n) is 18.7. The largest absolute Gasteiger partial charge is 0.379 e. The fraction of sp³-hybridized carbons (Fsp3) is 0.435. The third-order valence-electron chi connectivity index (χ3n) is 5.68. The molecule has 4 rings (SSSR count). The van der Waals surface area contributed by atoms with Crippen LogP contribution in [0.4, 0.5) is 0 Å². The van der Waals surface area contributed by atoms with Crippen molar-refractivity contribution in [1.82, 2.24) is 19.9 Å². The summed E-state index contributed by atoms with van der Waals surface area (Å²) in [6.45, 7) is 8.93. The molecule has 0 N–H and O–H groups in total. The Morgan fingerprint density at radius 2 is 1.78 bits per heavy atom. The minimum absolute atomic E-state index is 0.128. The second-order valence-corrected chi connectivity index (χ2v) is 10.4. The molecule has 1 unspecified atom stereocenters. The molecule has 32 heavy (non-hydrogen) atoms. The van der Waals surface area contributed by atoms with Gasteiger partial charge in [-0.05, 0) is 37.1 Å². The molecule has 2 aromatic carbocycles. The number of fused-ring (bicyclic) bond motifs is 1. The molecule has 2 heterocycles. The zero-order valence-corrected chi connectivity index (χ0v) is 19.5. The van der Waals surface area contributed by atoms with E-state index < -0.39 is 9.84 Å². The van der Waals surface area contributed by atoms with E-state index in [0.717, 1.165) is 29.7 Å². The molecule has 1 aliphatic heterocycles. The van der Waals surface area contributed by atoms with Crippen LogP contribution in [0, 0.1) is 12.8 Å². The molecule has 9 heteroatoms. The molecule has 1 aromatic heterocycles. The van der Waals surface area contributed by atoms with Crippen LogP contribution in [0.15, 0.2) is 58.4 Å². The quantitative estimate of drug-likeness (QED) is 0.419. The van der Waals surface area contributed by atoms with Crippen LogP contribution in [0.5, 0.6) is 0 Å². The summed E-state index contributed by atoms with van der Waals surface area (Å²) in [5, 5.41) is 8.64. The van der Waals surface area contributed by atoms with Crippen LogP contribution >= 0.6 is 0 Å². The van der Waals surface area contributed by atoms with E-state index in [1.54, 1.807) is 28.9 Å². The maximum atomic E-state index is 13.1. The summed E-state index contributed by atoms with van der Waals surface area (Å²) in [5.74, 6) is 0.413. The van der Waals surface area contributed by atoms with Gasteiger partial charge < -0.3 is 4.74 Å². The average Bonchev–Trinajstić information content (AvgIpc) is 3.21. The van der Waals surface area contributed by atoms with Gasteiger partial charge in [0.05, 0.1) is 29.7 Å². The second-order valence-electron chi connectivity index (χ2n) is 8.40. The minimum Gasteiger partial charge on any atom is -0.379 e. The van der Waals surface area contributed by atoms with Gasteiger partial charge in [-0.3, -0.25) is 9.89 Å². The zero-order chi connectivity index (χ0) is 22.7. The van der Waals surface area contributed by atoms with Gasteiger partial charge in [-0.2, -0.15) is 4.68 Å². The van der Waals surface area contributed by atoms with Crippen molar-refractivity contribution >= 4 is 26.7 Å². The number of morpholine rings is 1. The van der Waals surface area contributed by atoms with E-state index in [1.807, 2.05) is 31.2 Å². The van der Waals surface area contributed by atoms with Gasteiger partial charge in [-0.25, -0.2) is 8.42 Å². The highest BCUT2D eigenvalue weighted by atomic mass is 32.2. The summed E-state index contributed by atoms with van der Waals surface area (Å²) in [7, 11) is -3.60. The van der Waals surface area contributed by atoms with Crippen molar-refractivity contribution in [3.63, 3.8) is 0 Å². The van der Waals surface area contributed by atoms with E-state index in [2.05, 4.69) is 29.1 Å². The highest BCUT2D eigenvalue weighted by Gasteiger charge is 2.31. The molecule has 1 fully saturated rings. The molecule has 0 aliphatic carbocycles. The number of hydrogen-bond acceptors (Lipinski definition) is 7. The Labute approximate surface area is 188 Å². The Bertz CT molecular complexity index is 1200. The SMILES string of the molecule is Cc1ccc(S(=O)(=O)C/N=C(\C(C(C)C)N2CCOCC2)n2nnc3ccccc32)cc1. The number of nitrogens with zero attached hydrogens (tertiary/aromatic N) is 5. The molecule has 1 atom stereocenters. The first-order valence-electron chi connectivity index (χ1n) is 10.8. The number of aryl methyl sites for hydroxylation is 1. The van der Waals surface area contributed by atoms with Gasteiger partial charge in [0.1, 0.15) is 17.2 Å². The van der Waals surface area contributed by atoms with Gasteiger partial charge in [0.25, 0.3) is 0 Å². The minimum atomic E-state index is -3.60.